The lowest BCUT2D eigenvalue weighted by Crippen LogP contribution is -2.35. The van der Waals surface area contributed by atoms with Crippen molar-refractivity contribution in [3.63, 3.8) is 0 Å². The minimum atomic E-state index is -3.81. The number of carbonyl (C=O) groups excluding carboxylic acids is 2. The van der Waals surface area contributed by atoms with Crippen LogP contribution < -0.4 is 14.9 Å². The molecule has 0 saturated carbocycles. The van der Waals surface area contributed by atoms with Gasteiger partial charge in [0.1, 0.15) is 0 Å². The minimum absolute atomic E-state index is 0.0671. The Kier molecular flexibility index (Phi) is 7.27. The van der Waals surface area contributed by atoms with Gasteiger partial charge in [0.25, 0.3) is 15.9 Å². The molecule has 0 unspecified atom stereocenters. The Morgan fingerprint density at radius 3 is 2.47 bits per heavy atom. The Morgan fingerprint density at radius 2 is 1.65 bits per heavy atom. The molecular formula is C26H27N3O4S. The van der Waals surface area contributed by atoms with Crippen LogP contribution in [0.25, 0.3) is 0 Å². The van der Waals surface area contributed by atoms with Gasteiger partial charge in [0.15, 0.2) is 0 Å². The number of nitrogens with zero attached hydrogens (tertiary/aromatic N) is 1. The number of benzene rings is 3. The summed E-state index contributed by atoms with van der Waals surface area (Å²) in [5.74, 6) is -0.601. The summed E-state index contributed by atoms with van der Waals surface area (Å²) < 4.78 is 28.1. The van der Waals surface area contributed by atoms with Crippen molar-refractivity contribution in [2.75, 3.05) is 17.4 Å². The van der Waals surface area contributed by atoms with Gasteiger partial charge in [-0.1, -0.05) is 54.6 Å². The molecule has 8 heteroatoms. The van der Waals surface area contributed by atoms with E-state index in [1.807, 2.05) is 54.6 Å². The van der Waals surface area contributed by atoms with Gasteiger partial charge in [0, 0.05) is 31.6 Å². The molecule has 1 aliphatic rings. The van der Waals surface area contributed by atoms with E-state index >= 15 is 0 Å². The van der Waals surface area contributed by atoms with Crippen molar-refractivity contribution in [1.82, 2.24) is 10.6 Å². The number of hydrogen-bond acceptors (Lipinski definition) is 4. The van der Waals surface area contributed by atoms with Crippen LogP contribution in [-0.2, 0) is 27.8 Å². The monoisotopic (exact) mass is 477 g/mol. The van der Waals surface area contributed by atoms with Crippen LogP contribution in [-0.4, -0.2) is 33.3 Å². The third kappa shape index (κ3) is 5.46. The first-order chi connectivity index (χ1) is 16.4. The second kappa shape index (κ2) is 10.5. The maximum absolute atomic E-state index is 13.4. The van der Waals surface area contributed by atoms with E-state index in [0.29, 0.717) is 18.8 Å². The summed E-state index contributed by atoms with van der Waals surface area (Å²) in [4.78, 5) is 24.7. The summed E-state index contributed by atoms with van der Waals surface area (Å²) in [5, 5.41) is 5.50. The smallest absolute Gasteiger partial charge is 0.264 e. The third-order valence-electron chi connectivity index (χ3n) is 5.72. The average Bonchev–Trinajstić information content (AvgIpc) is 2.87. The SMILES string of the molecule is O=C(CCNC(=O)c1cccc(S(=O)(=O)N2CCCc3ccccc32)c1)NCc1ccccc1. The molecule has 0 saturated heterocycles. The van der Waals surface area contributed by atoms with E-state index in [0.717, 1.165) is 24.0 Å². The molecule has 0 bridgehead atoms. The quantitative estimate of drug-likeness (QED) is 0.521. The van der Waals surface area contributed by atoms with Crippen LogP contribution in [0.15, 0.2) is 83.8 Å². The van der Waals surface area contributed by atoms with E-state index in [1.165, 1.54) is 16.4 Å². The molecular weight excluding hydrogens is 450 g/mol. The fourth-order valence-electron chi connectivity index (χ4n) is 3.95. The molecule has 4 rings (SSSR count). The maximum atomic E-state index is 13.4. The van der Waals surface area contributed by atoms with Gasteiger partial charge >= 0.3 is 0 Å². The fraction of sp³-hybridized carbons (Fsp3) is 0.231. The molecule has 1 heterocycles. The molecule has 0 aromatic heterocycles. The van der Waals surface area contributed by atoms with Crippen LogP contribution in [0.2, 0.25) is 0 Å². The molecule has 0 spiro atoms. The van der Waals surface area contributed by atoms with Gasteiger partial charge in [0.2, 0.25) is 5.91 Å². The highest BCUT2D eigenvalue weighted by atomic mass is 32.2. The van der Waals surface area contributed by atoms with Crippen molar-refractivity contribution >= 4 is 27.5 Å². The molecule has 176 valence electrons. The zero-order valence-corrected chi connectivity index (χ0v) is 19.6. The number of sulfonamides is 1. The molecule has 0 radical (unpaired) electrons. The molecule has 0 fully saturated rings. The lowest BCUT2D eigenvalue weighted by Gasteiger charge is -2.30. The third-order valence-corrected chi connectivity index (χ3v) is 7.53. The Balaban J connectivity index is 1.36. The summed E-state index contributed by atoms with van der Waals surface area (Å²) in [6.07, 6.45) is 1.70. The predicted octanol–water partition coefficient (Wildman–Crippen LogP) is 3.26. The van der Waals surface area contributed by atoms with Gasteiger partial charge in [-0.15, -0.1) is 0 Å². The number of carbonyl (C=O) groups is 2. The highest BCUT2D eigenvalue weighted by Gasteiger charge is 2.29. The number of hydrogen-bond donors (Lipinski definition) is 2. The van der Waals surface area contributed by atoms with Crippen molar-refractivity contribution in [3.05, 3.63) is 95.6 Å². The van der Waals surface area contributed by atoms with Crippen LogP contribution in [0.3, 0.4) is 0 Å². The van der Waals surface area contributed by atoms with Crippen LogP contribution in [0.4, 0.5) is 5.69 Å². The van der Waals surface area contributed by atoms with Crippen molar-refractivity contribution in [2.24, 2.45) is 0 Å². The van der Waals surface area contributed by atoms with E-state index in [1.54, 1.807) is 12.1 Å². The van der Waals surface area contributed by atoms with E-state index in [9.17, 15) is 18.0 Å². The number of rotatable bonds is 8. The standard InChI is InChI=1S/C26H27N3O4S/c30-25(28-19-20-8-2-1-3-9-20)15-16-27-26(31)22-11-6-13-23(18-22)34(32,33)29-17-7-12-21-10-4-5-14-24(21)29/h1-6,8-11,13-14,18H,7,12,15-17,19H2,(H,27,31)(H,28,30). The van der Waals surface area contributed by atoms with Crippen molar-refractivity contribution in [2.45, 2.75) is 30.7 Å². The summed E-state index contributed by atoms with van der Waals surface area (Å²) in [5.41, 5.74) is 2.91. The molecule has 0 aliphatic carbocycles. The predicted molar refractivity (Wildman–Crippen MR) is 131 cm³/mol. The summed E-state index contributed by atoms with van der Waals surface area (Å²) in [7, 11) is -3.81. The molecule has 0 atom stereocenters. The van der Waals surface area contributed by atoms with Crippen LogP contribution >= 0.6 is 0 Å². The molecule has 2 N–H and O–H groups in total. The second-order valence-corrected chi connectivity index (χ2v) is 9.97. The van der Waals surface area contributed by atoms with Crippen molar-refractivity contribution in [3.8, 4) is 0 Å². The Bertz CT molecular complexity index is 1280. The maximum Gasteiger partial charge on any atom is 0.264 e. The number of aryl methyl sites for hydroxylation is 1. The Morgan fingerprint density at radius 1 is 0.882 bits per heavy atom. The zero-order chi connectivity index (χ0) is 24.0. The van der Waals surface area contributed by atoms with E-state index in [-0.39, 0.29) is 29.3 Å². The number of para-hydroxylation sites is 1. The average molecular weight is 478 g/mol. The van der Waals surface area contributed by atoms with Gasteiger partial charge in [-0.05, 0) is 48.2 Å². The normalized spacial score (nSPS) is 13.1. The highest BCUT2D eigenvalue weighted by Crippen LogP contribution is 2.31. The van der Waals surface area contributed by atoms with Crippen molar-refractivity contribution < 1.29 is 18.0 Å². The van der Waals surface area contributed by atoms with E-state index in [2.05, 4.69) is 10.6 Å². The van der Waals surface area contributed by atoms with Crippen LogP contribution in [0, 0.1) is 0 Å². The second-order valence-electron chi connectivity index (χ2n) is 8.11. The van der Waals surface area contributed by atoms with Gasteiger partial charge < -0.3 is 10.6 Å². The summed E-state index contributed by atoms with van der Waals surface area (Å²) in [6.45, 7) is 0.969. The van der Waals surface area contributed by atoms with E-state index < -0.39 is 15.9 Å². The molecule has 3 aromatic rings. The molecule has 2 amide bonds. The van der Waals surface area contributed by atoms with E-state index in [4.69, 9.17) is 0 Å². The molecule has 7 nitrogen and oxygen atoms in total. The Labute approximate surface area is 199 Å². The zero-order valence-electron chi connectivity index (χ0n) is 18.7. The first kappa shape index (κ1) is 23.5. The lowest BCUT2D eigenvalue weighted by molar-refractivity contribution is -0.121. The fourth-order valence-corrected chi connectivity index (χ4v) is 5.54. The molecule has 1 aliphatic heterocycles. The highest BCUT2D eigenvalue weighted by molar-refractivity contribution is 7.92. The largest absolute Gasteiger partial charge is 0.352 e. The Hall–Kier alpha value is -3.65. The minimum Gasteiger partial charge on any atom is -0.352 e. The first-order valence-electron chi connectivity index (χ1n) is 11.2. The van der Waals surface area contributed by atoms with Gasteiger partial charge in [-0.25, -0.2) is 8.42 Å². The van der Waals surface area contributed by atoms with Crippen molar-refractivity contribution in [1.29, 1.82) is 0 Å². The van der Waals surface area contributed by atoms with Crippen LogP contribution in [0.5, 0.6) is 0 Å². The molecule has 34 heavy (non-hydrogen) atoms. The van der Waals surface area contributed by atoms with Gasteiger partial charge in [-0.3, -0.25) is 13.9 Å². The topological polar surface area (TPSA) is 95.6 Å². The van der Waals surface area contributed by atoms with Gasteiger partial charge in [-0.2, -0.15) is 0 Å². The number of fused-ring (bicyclic) bond motifs is 1. The lowest BCUT2D eigenvalue weighted by atomic mass is 10.0. The first-order valence-corrected chi connectivity index (χ1v) is 12.7. The summed E-state index contributed by atoms with van der Waals surface area (Å²) in [6, 6.07) is 23.1. The molecule has 3 aromatic carbocycles. The number of anilines is 1. The number of nitrogens with one attached hydrogen (secondary N) is 2. The van der Waals surface area contributed by atoms with Gasteiger partial charge in [0.05, 0.1) is 10.6 Å². The summed E-state index contributed by atoms with van der Waals surface area (Å²) >= 11 is 0. The number of amides is 2. The van der Waals surface area contributed by atoms with Crippen LogP contribution in [0.1, 0.15) is 34.3 Å².